The number of ether oxygens (including phenoxy) is 1. The summed E-state index contributed by atoms with van der Waals surface area (Å²) in [5.41, 5.74) is 4.64. The van der Waals surface area contributed by atoms with Gasteiger partial charge in [0.05, 0.1) is 12.8 Å². The van der Waals surface area contributed by atoms with Gasteiger partial charge in [0.15, 0.2) is 0 Å². The second-order valence-electron chi connectivity index (χ2n) is 7.18. The molecule has 4 rings (SSSR count). The van der Waals surface area contributed by atoms with Crippen LogP contribution >= 0.6 is 12.4 Å². The number of aryl methyl sites for hydroxylation is 1. The van der Waals surface area contributed by atoms with Gasteiger partial charge in [0.1, 0.15) is 5.75 Å². The first-order chi connectivity index (χ1) is 13.3. The highest BCUT2D eigenvalue weighted by atomic mass is 35.5. The molecule has 0 atom stereocenters. The Morgan fingerprint density at radius 2 is 1.79 bits per heavy atom. The third-order valence-corrected chi connectivity index (χ3v) is 5.36. The molecule has 0 bridgehead atoms. The maximum atomic E-state index is 5.60. The Labute approximate surface area is 173 Å². The maximum absolute atomic E-state index is 5.60. The molecule has 0 amide bonds. The third-order valence-electron chi connectivity index (χ3n) is 5.36. The van der Waals surface area contributed by atoms with E-state index in [0.717, 1.165) is 30.1 Å². The zero-order valence-corrected chi connectivity index (χ0v) is 17.3. The number of hydrogen-bond acceptors (Lipinski definition) is 3. The van der Waals surface area contributed by atoms with E-state index in [4.69, 9.17) is 4.74 Å². The van der Waals surface area contributed by atoms with Gasteiger partial charge < -0.3 is 9.64 Å². The molecule has 146 valence electrons. The van der Waals surface area contributed by atoms with Crippen molar-refractivity contribution in [3.8, 4) is 5.75 Å². The topological polar surface area (TPSA) is 25.4 Å². The zero-order valence-electron chi connectivity index (χ0n) is 16.5. The smallest absolute Gasteiger partial charge is 0.126 e. The van der Waals surface area contributed by atoms with E-state index in [-0.39, 0.29) is 12.4 Å². The number of nitrogens with zero attached hydrogens (tertiary/aromatic N) is 2. The van der Waals surface area contributed by atoms with Crippen molar-refractivity contribution in [2.45, 2.75) is 26.2 Å². The number of anilines is 1. The number of piperidine rings is 1. The second-order valence-corrected chi connectivity index (χ2v) is 7.18. The molecule has 1 aromatic heterocycles. The SMILES string of the molecule is COc1ccc2ccccc2c1/C=C/c1cc(N2CCCCC2)c(C)cn1.Cl. The summed E-state index contributed by atoms with van der Waals surface area (Å²) in [6, 6.07) is 14.7. The quantitative estimate of drug-likeness (QED) is 0.531. The van der Waals surface area contributed by atoms with E-state index < -0.39 is 0 Å². The fraction of sp³-hybridized carbons (Fsp3) is 0.292. The van der Waals surface area contributed by atoms with Crippen LogP contribution in [0.5, 0.6) is 5.75 Å². The van der Waals surface area contributed by atoms with Crippen molar-refractivity contribution in [2.75, 3.05) is 25.1 Å². The van der Waals surface area contributed by atoms with E-state index in [2.05, 4.69) is 65.4 Å². The molecule has 1 saturated heterocycles. The summed E-state index contributed by atoms with van der Waals surface area (Å²) in [5, 5.41) is 2.40. The van der Waals surface area contributed by atoms with Gasteiger partial charge in [-0.1, -0.05) is 30.3 Å². The van der Waals surface area contributed by atoms with Crippen LogP contribution in [0.4, 0.5) is 5.69 Å². The summed E-state index contributed by atoms with van der Waals surface area (Å²) in [6.07, 6.45) is 10.1. The van der Waals surface area contributed by atoms with E-state index in [1.807, 2.05) is 12.3 Å². The van der Waals surface area contributed by atoms with Gasteiger partial charge >= 0.3 is 0 Å². The predicted octanol–water partition coefficient (Wildman–Crippen LogP) is 6.13. The van der Waals surface area contributed by atoms with Crippen LogP contribution in [0.3, 0.4) is 0 Å². The highest BCUT2D eigenvalue weighted by Crippen LogP contribution is 2.30. The first-order valence-electron chi connectivity index (χ1n) is 9.71. The van der Waals surface area contributed by atoms with E-state index in [0.29, 0.717) is 0 Å². The van der Waals surface area contributed by atoms with Crippen molar-refractivity contribution in [1.82, 2.24) is 4.98 Å². The fourth-order valence-corrected chi connectivity index (χ4v) is 3.89. The molecule has 0 N–H and O–H groups in total. The van der Waals surface area contributed by atoms with E-state index in [1.165, 1.54) is 41.3 Å². The maximum Gasteiger partial charge on any atom is 0.126 e. The largest absolute Gasteiger partial charge is 0.496 e. The molecule has 1 aliphatic rings. The van der Waals surface area contributed by atoms with Crippen molar-refractivity contribution >= 4 is 41.0 Å². The van der Waals surface area contributed by atoms with Crippen LogP contribution in [0.15, 0.2) is 48.7 Å². The molecule has 0 aliphatic carbocycles. The van der Waals surface area contributed by atoms with Crippen LogP contribution in [-0.4, -0.2) is 25.2 Å². The summed E-state index contributed by atoms with van der Waals surface area (Å²) in [7, 11) is 1.72. The molecule has 3 nitrogen and oxygen atoms in total. The highest BCUT2D eigenvalue weighted by molar-refractivity contribution is 5.95. The van der Waals surface area contributed by atoms with Gasteiger partial charge in [0.25, 0.3) is 0 Å². The summed E-state index contributed by atoms with van der Waals surface area (Å²) in [4.78, 5) is 7.13. The minimum absolute atomic E-state index is 0. The van der Waals surface area contributed by atoms with Crippen LogP contribution in [0, 0.1) is 6.92 Å². The van der Waals surface area contributed by atoms with Crippen molar-refractivity contribution in [3.05, 3.63) is 65.5 Å². The normalized spacial score (nSPS) is 14.3. The number of fused-ring (bicyclic) bond motifs is 1. The lowest BCUT2D eigenvalue weighted by atomic mass is 10.0. The Bertz CT molecular complexity index is 978. The third kappa shape index (κ3) is 4.15. The Morgan fingerprint density at radius 3 is 2.57 bits per heavy atom. The molecule has 0 saturated carbocycles. The average Bonchev–Trinajstić information content (AvgIpc) is 2.73. The monoisotopic (exact) mass is 394 g/mol. The molecule has 4 heteroatoms. The van der Waals surface area contributed by atoms with Gasteiger partial charge in [0, 0.05) is 30.5 Å². The molecule has 0 spiro atoms. The Hall–Kier alpha value is -2.52. The lowest BCUT2D eigenvalue weighted by Crippen LogP contribution is -2.30. The molecule has 2 aromatic carbocycles. The van der Waals surface area contributed by atoms with Crippen LogP contribution in [-0.2, 0) is 0 Å². The summed E-state index contributed by atoms with van der Waals surface area (Å²) in [6.45, 7) is 4.44. The van der Waals surface area contributed by atoms with E-state index in [9.17, 15) is 0 Å². The van der Waals surface area contributed by atoms with Crippen molar-refractivity contribution in [1.29, 1.82) is 0 Å². The highest BCUT2D eigenvalue weighted by Gasteiger charge is 2.13. The Kier molecular flexibility index (Phi) is 6.58. The Morgan fingerprint density at radius 1 is 1.00 bits per heavy atom. The molecule has 28 heavy (non-hydrogen) atoms. The van der Waals surface area contributed by atoms with Crippen molar-refractivity contribution in [3.63, 3.8) is 0 Å². The summed E-state index contributed by atoms with van der Waals surface area (Å²) >= 11 is 0. The van der Waals surface area contributed by atoms with Gasteiger partial charge in [0.2, 0.25) is 0 Å². The van der Waals surface area contributed by atoms with Crippen molar-refractivity contribution < 1.29 is 4.74 Å². The molecule has 0 unspecified atom stereocenters. The number of halogens is 1. The average molecular weight is 395 g/mol. The molecular formula is C24H27ClN2O. The van der Waals surface area contributed by atoms with Crippen LogP contribution in [0.2, 0.25) is 0 Å². The van der Waals surface area contributed by atoms with Crippen LogP contribution in [0.25, 0.3) is 22.9 Å². The van der Waals surface area contributed by atoms with Crippen LogP contribution < -0.4 is 9.64 Å². The summed E-state index contributed by atoms with van der Waals surface area (Å²) in [5.74, 6) is 0.883. The first-order valence-corrected chi connectivity index (χ1v) is 9.71. The number of aromatic nitrogens is 1. The first kappa shape index (κ1) is 20.2. The van der Waals surface area contributed by atoms with E-state index in [1.54, 1.807) is 7.11 Å². The number of rotatable bonds is 4. The molecule has 2 heterocycles. The predicted molar refractivity (Wildman–Crippen MR) is 122 cm³/mol. The minimum atomic E-state index is 0. The van der Waals surface area contributed by atoms with Crippen molar-refractivity contribution in [2.24, 2.45) is 0 Å². The molecule has 1 fully saturated rings. The van der Waals surface area contributed by atoms with E-state index >= 15 is 0 Å². The standard InChI is InChI=1S/C24H26N2O.ClH/c1-18-17-25-20(16-23(18)26-14-6-3-7-15-26)11-12-22-21-9-5-4-8-19(21)10-13-24(22)27-2;/h4-5,8-13,16-17H,3,6-7,14-15H2,1-2H3;1H/b12-11+;. The molecule has 1 aliphatic heterocycles. The molecule has 3 aromatic rings. The number of pyridine rings is 1. The number of benzene rings is 2. The number of hydrogen-bond donors (Lipinski definition) is 0. The number of methoxy groups -OCH3 is 1. The van der Waals surface area contributed by atoms with Gasteiger partial charge in [-0.05, 0) is 66.8 Å². The fourth-order valence-electron chi connectivity index (χ4n) is 3.89. The zero-order chi connectivity index (χ0) is 18.6. The van der Waals surface area contributed by atoms with Gasteiger partial charge in [-0.3, -0.25) is 4.98 Å². The molecular weight excluding hydrogens is 368 g/mol. The van der Waals surface area contributed by atoms with Crippen LogP contribution in [0.1, 0.15) is 36.1 Å². The van der Waals surface area contributed by atoms with Gasteiger partial charge in [-0.2, -0.15) is 0 Å². The lowest BCUT2D eigenvalue weighted by Gasteiger charge is -2.30. The Balaban J connectivity index is 0.00000225. The van der Waals surface area contributed by atoms with Gasteiger partial charge in [-0.15, -0.1) is 12.4 Å². The lowest BCUT2D eigenvalue weighted by molar-refractivity contribution is 0.414. The summed E-state index contributed by atoms with van der Waals surface area (Å²) < 4.78 is 5.60. The van der Waals surface area contributed by atoms with Gasteiger partial charge in [-0.25, -0.2) is 0 Å². The minimum Gasteiger partial charge on any atom is -0.496 e. The second kappa shape index (κ2) is 9.11. The molecule has 0 radical (unpaired) electrons.